The van der Waals surface area contributed by atoms with E-state index in [-0.39, 0.29) is 24.1 Å². The lowest BCUT2D eigenvalue weighted by molar-refractivity contribution is -0.133. The summed E-state index contributed by atoms with van der Waals surface area (Å²) in [5, 5.41) is 17.0. The van der Waals surface area contributed by atoms with Crippen LogP contribution >= 0.6 is 0 Å². The van der Waals surface area contributed by atoms with Gasteiger partial charge >= 0.3 is 5.97 Å². The third-order valence-corrected chi connectivity index (χ3v) is 4.73. The average Bonchev–Trinajstić information content (AvgIpc) is 3.34. The van der Waals surface area contributed by atoms with Gasteiger partial charge in [-0.3, -0.25) is 9.59 Å². The van der Waals surface area contributed by atoms with Crippen LogP contribution in [0.5, 0.6) is 0 Å². The second kappa shape index (κ2) is 7.14. The van der Waals surface area contributed by atoms with E-state index in [0.717, 1.165) is 10.9 Å². The normalized spacial score (nSPS) is 14.4. The van der Waals surface area contributed by atoms with Crippen LogP contribution in [0.3, 0.4) is 0 Å². The van der Waals surface area contributed by atoms with E-state index in [9.17, 15) is 14.4 Å². The molecule has 0 atom stereocenters. The quantitative estimate of drug-likeness (QED) is 0.675. The number of rotatable bonds is 4. The number of hydrogen-bond acceptors (Lipinski definition) is 5. The Labute approximate surface area is 159 Å². The summed E-state index contributed by atoms with van der Waals surface area (Å²) in [7, 11) is 0. The summed E-state index contributed by atoms with van der Waals surface area (Å²) < 4.78 is 1.20. The van der Waals surface area contributed by atoms with E-state index in [2.05, 4.69) is 15.3 Å². The number of para-hydroxylation sites is 1. The van der Waals surface area contributed by atoms with Gasteiger partial charge in [0.15, 0.2) is 5.69 Å². The summed E-state index contributed by atoms with van der Waals surface area (Å²) >= 11 is 0. The SMILES string of the molecule is O=C(O)c1cn(CC(=O)N2CCN(C(=O)c3cc4ccccc4[nH]3)CC2)nn1. The molecule has 1 saturated heterocycles. The maximum Gasteiger partial charge on any atom is 0.358 e. The largest absolute Gasteiger partial charge is 0.476 e. The molecule has 4 rings (SSSR count). The zero-order valence-corrected chi connectivity index (χ0v) is 14.9. The van der Waals surface area contributed by atoms with Crippen molar-refractivity contribution in [3.63, 3.8) is 0 Å². The van der Waals surface area contributed by atoms with Gasteiger partial charge in [-0.15, -0.1) is 5.10 Å². The molecule has 3 aromatic rings. The van der Waals surface area contributed by atoms with Crippen molar-refractivity contribution in [1.29, 1.82) is 0 Å². The summed E-state index contributed by atoms with van der Waals surface area (Å²) in [6.45, 7) is 1.59. The molecule has 144 valence electrons. The van der Waals surface area contributed by atoms with Crippen molar-refractivity contribution in [1.82, 2.24) is 29.8 Å². The molecule has 0 aliphatic carbocycles. The number of carbonyl (C=O) groups is 3. The number of nitrogens with one attached hydrogen (secondary N) is 1. The van der Waals surface area contributed by atoms with Crippen molar-refractivity contribution < 1.29 is 19.5 Å². The van der Waals surface area contributed by atoms with Crippen LogP contribution < -0.4 is 0 Å². The van der Waals surface area contributed by atoms with Crippen LogP contribution in [-0.2, 0) is 11.3 Å². The molecular formula is C18H18N6O4. The molecule has 2 aromatic heterocycles. The number of H-pyrrole nitrogens is 1. The summed E-state index contributed by atoms with van der Waals surface area (Å²) in [6.07, 6.45) is 1.22. The predicted octanol–water partition coefficient (Wildman–Crippen LogP) is 0.442. The fourth-order valence-electron chi connectivity index (χ4n) is 3.23. The number of aromatic carboxylic acids is 1. The molecule has 2 N–H and O–H groups in total. The van der Waals surface area contributed by atoms with E-state index in [1.165, 1.54) is 10.9 Å². The molecule has 10 nitrogen and oxygen atoms in total. The number of aromatic nitrogens is 4. The first-order valence-corrected chi connectivity index (χ1v) is 8.79. The van der Waals surface area contributed by atoms with Crippen molar-refractivity contribution in [2.45, 2.75) is 6.54 Å². The molecule has 28 heavy (non-hydrogen) atoms. The van der Waals surface area contributed by atoms with Gasteiger partial charge in [0.25, 0.3) is 5.91 Å². The Morgan fingerprint density at radius 1 is 1.07 bits per heavy atom. The molecule has 1 aliphatic heterocycles. The van der Waals surface area contributed by atoms with Crippen LogP contribution in [0.4, 0.5) is 0 Å². The van der Waals surface area contributed by atoms with Crippen molar-refractivity contribution >= 4 is 28.7 Å². The molecule has 0 bridgehead atoms. The number of piperazine rings is 1. The predicted molar refractivity (Wildman–Crippen MR) is 97.8 cm³/mol. The highest BCUT2D eigenvalue weighted by molar-refractivity contribution is 5.98. The first-order valence-electron chi connectivity index (χ1n) is 8.79. The van der Waals surface area contributed by atoms with E-state index >= 15 is 0 Å². The standard InChI is InChI=1S/C18H18N6O4/c25-16(11-24-10-15(18(27)28)20-21-24)22-5-7-23(8-6-22)17(26)14-9-12-3-1-2-4-13(12)19-14/h1-4,9-10,19H,5-8,11H2,(H,27,28). The molecule has 2 amide bonds. The maximum atomic E-state index is 12.7. The minimum Gasteiger partial charge on any atom is -0.476 e. The van der Waals surface area contributed by atoms with Crippen LogP contribution in [0, 0.1) is 0 Å². The first kappa shape index (κ1) is 17.7. The number of nitrogens with zero attached hydrogens (tertiary/aromatic N) is 5. The second-order valence-corrected chi connectivity index (χ2v) is 6.55. The number of fused-ring (bicyclic) bond motifs is 1. The van der Waals surface area contributed by atoms with Crippen molar-refractivity contribution in [3.05, 3.63) is 47.9 Å². The second-order valence-electron chi connectivity index (χ2n) is 6.55. The van der Waals surface area contributed by atoms with Crippen molar-refractivity contribution in [2.24, 2.45) is 0 Å². The topological polar surface area (TPSA) is 124 Å². The number of benzene rings is 1. The lowest BCUT2D eigenvalue weighted by Gasteiger charge is -2.34. The molecule has 10 heteroatoms. The van der Waals surface area contributed by atoms with E-state index in [4.69, 9.17) is 5.11 Å². The van der Waals surface area contributed by atoms with Crippen LogP contribution in [0.1, 0.15) is 21.0 Å². The summed E-state index contributed by atoms with van der Waals surface area (Å²) in [5.74, 6) is -1.48. The van der Waals surface area contributed by atoms with Gasteiger partial charge in [-0.05, 0) is 12.1 Å². The Morgan fingerprint density at radius 3 is 2.46 bits per heavy atom. The number of aromatic amines is 1. The van der Waals surface area contributed by atoms with Crippen LogP contribution in [0.25, 0.3) is 10.9 Å². The maximum absolute atomic E-state index is 12.7. The summed E-state index contributed by atoms with van der Waals surface area (Å²) in [5.41, 5.74) is 1.24. The molecule has 1 aliphatic rings. The van der Waals surface area contributed by atoms with Gasteiger partial charge in [-0.25, -0.2) is 9.48 Å². The summed E-state index contributed by atoms with van der Waals surface area (Å²) in [4.78, 5) is 42.4. The van der Waals surface area contributed by atoms with Gasteiger partial charge in [-0.1, -0.05) is 23.4 Å². The molecule has 3 heterocycles. The van der Waals surface area contributed by atoms with E-state index in [0.29, 0.717) is 31.9 Å². The first-order chi connectivity index (χ1) is 13.5. The molecule has 0 radical (unpaired) electrons. The number of carbonyl (C=O) groups excluding carboxylic acids is 2. The molecule has 0 unspecified atom stereocenters. The van der Waals surface area contributed by atoms with Gasteiger partial charge < -0.3 is 19.9 Å². The lowest BCUT2D eigenvalue weighted by atomic mass is 10.2. The van der Waals surface area contributed by atoms with E-state index in [1.807, 2.05) is 30.3 Å². The third-order valence-electron chi connectivity index (χ3n) is 4.73. The zero-order valence-electron chi connectivity index (χ0n) is 14.9. The molecule has 1 fully saturated rings. The molecule has 0 spiro atoms. The molecule has 1 aromatic carbocycles. The smallest absolute Gasteiger partial charge is 0.358 e. The van der Waals surface area contributed by atoms with Crippen molar-refractivity contribution in [2.75, 3.05) is 26.2 Å². The third kappa shape index (κ3) is 3.43. The number of carboxylic acids is 1. The van der Waals surface area contributed by atoms with Crippen LogP contribution in [-0.4, -0.2) is 78.8 Å². The van der Waals surface area contributed by atoms with Crippen LogP contribution in [0.15, 0.2) is 36.5 Å². The van der Waals surface area contributed by atoms with Gasteiger partial charge in [0, 0.05) is 37.1 Å². The van der Waals surface area contributed by atoms with Crippen molar-refractivity contribution in [3.8, 4) is 0 Å². The Bertz CT molecular complexity index is 1010. The summed E-state index contributed by atoms with van der Waals surface area (Å²) in [6, 6.07) is 9.52. The monoisotopic (exact) mass is 382 g/mol. The van der Waals surface area contributed by atoms with Gasteiger partial charge in [0.05, 0.1) is 6.20 Å². The number of hydrogen-bond donors (Lipinski definition) is 2. The number of amides is 2. The number of carboxylic acid groups (broad SMARTS) is 1. The Morgan fingerprint density at radius 2 is 1.79 bits per heavy atom. The van der Waals surface area contributed by atoms with Gasteiger partial charge in [-0.2, -0.15) is 0 Å². The highest BCUT2D eigenvalue weighted by Crippen LogP contribution is 2.17. The molecule has 0 saturated carbocycles. The van der Waals surface area contributed by atoms with Gasteiger partial charge in [0.2, 0.25) is 5.91 Å². The van der Waals surface area contributed by atoms with Crippen LogP contribution in [0.2, 0.25) is 0 Å². The van der Waals surface area contributed by atoms with Gasteiger partial charge in [0.1, 0.15) is 12.2 Å². The fourth-order valence-corrected chi connectivity index (χ4v) is 3.23. The Hall–Kier alpha value is -3.69. The Kier molecular flexibility index (Phi) is 4.52. The minimum absolute atomic E-state index is 0.0871. The van der Waals surface area contributed by atoms with E-state index in [1.54, 1.807) is 9.80 Å². The average molecular weight is 382 g/mol. The highest BCUT2D eigenvalue weighted by atomic mass is 16.4. The lowest BCUT2D eigenvalue weighted by Crippen LogP contribution is -2.51. The fraction of sp³-hybridized carbons (Fsp3) is 0.278. The highest BCUT2D eigenvalue weighted by Gasteiger charge is 2.26. The molecular weight excluding hydrogens is 364 g/mol. The van der Waals surface area contributed by atoms with E-state index < -0.39 is 5.97 Å². The zero-order chi connectivity index (χ0) is 19.7. The Balaban J connectivity index is 1.35. The minimum atomic E-state index is -1.19.